The monoisotopic (exact) mass is 336 g/mol. The molecule has 1 atom stereocenters. The summed E-state index contributed by atoms with van der Waals surface area (Å²) in [5, 5.41) is 9.61. The molecule has 0 aromatic heterocycles. The SMILES string of the molecule is COc1cc(C)ccc1Oc1ccc(C(C)O)c(Br)c1. The van der Waals surface area contributed by atoms with Crippen LogP contribution in [0.1, 0.15) is 24.2 Å². The zero-order chi connectivity index (χ0) is 14.7. The summed E-state index contributed by atoms with van der Waals surface area (Å²) < 4.78 is 12.0. The van der Waals surface area contributed by atoms with Crippen molar-refractivity contribution < 1.29 is 14.6 Å². The topological polar surface area (TPSA) is 38.7 Å². The van der Waals surface area contributed by atoms with Crippen LogP contribution in [0.2, 0.25) is 0 Å². The number of aliphatic hydroxyl groups excluding tert-OH is 1. The highest BCUT2D eigenvalue weighted by atomic mass is 79.9. The van der Waals surface area contributed by atoms with Crippen molar-refractivity contribution in [1.82, 2.24) is 0 Å². The van der Waals surface area contributed by atoms with Crippen LogP contribution in [0.3, 0.4) is 0 Å². The van der Waals surface area contributed by atoms with Crippen molar-refractivity contribution in [2.24, 2.45) is 0 Å². The van der Waals surface area contributed by atoms with E-state index >= 15 is 0 Å². The van der Waals surface area contributed by atoms with E-state index in [4.69, 9.17) is 9.47 Å². The molecule has 2 rings (SSSR count). The molecule has 0 bridgehead atoms. The minimum atomic E-state index is -0.521. The highest BCUT2D eigenvalue weighted by molar-refractivity contribution is 9.10. The summed E-state index contributed by atoms with van der Waals surface area (Å²) in [4.78, 5) is 0. The number of benzene rings is 2. The Kier molecular flexibility index (Phi) is 4.68. The number of methoxy groups -OCH3 is 1. The van der Waals surface area contributed by atoms with Gasteiger partial charge in [0.15, 0.2) is 11.5 Å². The molecule has 3 nitrogen and oxygen atoms in total. The van der Waals surface area contributed by atoms with E-state index < -0.39 is 6.10 Å². The first-order valence-corrected chi connectivity index (χ1v) is 7.10. The Hall–Kier alpha value is -1.52. The van der Waals surface area contributed by atoms with Crippen LogP contribution in [-0.2, 0) is 0 Å². The molecule has 2 aromatic carbocycles. The lowest BCUT2D eigenvalue weighted by Crippen LogP contribution is -1.94. The Morgan fingerprint density at radius 3 is 2.45 bits per heavy atom. The van der Waals surface area contributed by atoms with Crippen molar-refractivity contribution in [3.05, 3.63) is 52.0 Å². The van der Waals surface area contributed by atoms with Crippen LogP contribution >= 0.6 is 15.9 Å². The van der Waals surface area contributed by atoms with E-state index in [1.54, 1.807) is 14.0 Å². The molecule has 1 N–H and O–H groups in total. The number of hydrogen-bond acceptors (Lipinski definition) is 3. The van der Waals surface area contributed by atoms with Gasteiger partial charge < -0.3 is 14.6 Å². The van der Waals surface area contributed by atoms with E-state index in [1.165, 1.54) is 0 Å². The third-order valence-corrected chi connectivity index (χ3v) is 3.66. The third-order valence-electron chi connectivity index (χ3n) is 2.97. The maximum Gasteiger partial charge on any atom is 0.169 e. The standard InChI is InChI=1S/C16H17BrO3/c1-10-4-7-15(16(8-10)19-3)20-12-5-6-13(11(2)18)14(17)9-12/h4-9,11,18H,1-3H3. The molecule has 0 radical (unpaired) electrons. The van der Waals surface area contributed by atoms with Gasteiger partial charge in [-0.3, -0.25) is 0 Å². The molecule has 0 saturated carbocycles. The fourth-order valence-electron chi connectivity index (χ4n) is 1.90. The second kappa shape index (κ2) is 6.29. The number of aryl methyl sites for hydroxylation is 1. The lowest BCUT2D eigenvalue weighted by atomic mass is 10.1. The van der Waals surface area contributed by atoms with Crippen LogP contribution in [0.4, 0.5) is 0 Å². The molecule has 0 aliphatic rings. The Morgan fingerprint density at radius 1 is 1.10 bits per heavy atom. The summed E-state index contributed by atoms with van der Waals surface area (Å²) in [6, 6.07) is 11.3. The predicted octanol–water partition coefficient (Wildman–Crippen LogP) is 4.61. The molecule has 0 aliphatic carbocycles. The van der Waals surface area contributed by atoms with Crippen LogP contribution in [-0.4, -0.2) is 12.2 Å². The number of halogens is 1. The Labute approximate surface area is 127 Å². The van der Waals surface area contributed by atoms with Gasteiger partial charge in [0, 0.05) is 4.47 Å². The highest BCUT2D eigenvalue weighted by Crippen LogP contribution is 2.34. The summed E-state index contributed by atoms with van der Waals surface area (Å²) in [6.45, 7) is 3.73. The summed E-state index contributed by atoms with van der Waals surface area (Å²) in [5.41, 5.74) is 1.94. The number of hydrogen-bond donors (Lipinski definition) is 1. The van der Waals surface area contributed by atoms with E-state index in [0.29, 0.717) is 17.2 Å². The molecule has 4 heteroatoms. The number of rotatable bonds is 4. The second-order valence-corrected chi connectivity index (χ2v) is 5.47. The largest absolute Gasteiger partial charge is 0.493 e. The summed E-state index contributed by atoms with van der Waals surface area (Å²) >= 11 is 3.44. The van der Waals surface area contributed by atoms with Gasteiger partial charge in [-0.25, -0.2) is 0 Å². The number of ether oxygens (including phenoxy) is 2. The zero-order valence-corrected chi connectivity index (χ0v) is 13.3. The van der Waals surface area contributed by atoms with Gasteiger partial charge in [0.2, 0.25) is 0 Å². The van der Waals surface area contributed by atoms with Gasteiger partial charge in [0.1, 0.15) is 5.75 Å². The molecule has 0 spiro atoms. The van der Waals surface area contributed by atoms with Gasteiger partial charge in [-0.2, -0.15) is 0 Å². The summed E-state index contributed by atoms with van der Waals surface area (Å²) in [6.07, 6.45) is -0.521. The van der Waals surface area contributed by atoms with Gasteiger partial charge in [-0.05, 0) is 49.2 Å². The van der Waals surface area contributed by atoms with Crippen LogP contribution in [0.15, 0.2) is 40.9 Å². The lowest BCUT2D eigenvalue weighted by Gasteiger charge is -2.13. The average molecular weight is 337 g/mol. The Bertz CT molecular complexity index is 609. The molecule has 106 valence electrons. The van der Waals surface area contributed by atoms with Crippen molar-refractivity contribution in [2.45, 2.75) is 20.0 Å². The minimum absolute atomic E-state index is 0.521. The lowest BCUT2D eigenvalue weighted by molar-refractivity contribution is 0.198. The summed E-state index contributed by atoms with van der Waals surface area (Å²) in [7, 11) is 1.62. The Balaban J connectivity index is 2.28. The van der Waals surface area contributed by atoms with E-state index in [2.05, 4.69) is 15.9 Å². The molecular weight excluding hydrogens is 320 g/mol. The van der Waals surface area contributed by atoms with Crippen LogP contribution < -0.4 is 9.47 Å². The smallest absolute Gasteiger partial charge is 0.169 e. The van der Waals surface area contributed by atoms with Gasteiger partial charge in [-0.1, -0.05) is 28.1 Å². The molecule has 0 amide bonds. The predicted molar refractivity (Wildman–Crippen MR) is 82.6 cm³/mol. The molecule has 0 aliphatic heterocycles. The van der Waals surface area contributed by atoms with Crippen molar-refractivity contribution in [3.8, 4) is 17.2 Å². The maximum atomic E-state index is 9.61. The normalized spacial score (nSPS) is 12.1. The molecule has 2 aromatic rings. The molecule has 20 heavy (non-hydrogen) atoms. The first-order valence-electron chi connectivity index (χ1n) is 6.31. The fourth-order valence-corrected chi connectivity index (χ4v) is 2.59. The quantitative estimate of drug-likeness (QED) is 0.885. The van der Waals surface area contributed by atoms with Crippen molar-refractivity contribution >= 4 is 15.9 Å². The third kappa shape index (κ3) is 3.32. The van der Waals surface area contributed by atoms with Crippen LogP contribution in [0.25, 0.3) is 0 Å². The van der Waals surface area contributed by atoms with E-state index in [9.17, 15) is 5.11 Å². The van der Waals surface area contributed by atoms with E-state index in [0.717, 1.165) is 15.6 Å². The first kappa shape index (κ1) is 14.9. The van der Waals surface area contributed by atoms with E-state index in [1.807, 2.05) is 43.3 Å². The van der Waals surface area contributed by atoms with Crippen LogP contribution in [0, 0.1) is 6.92 Å². The van der Waals surface area contributed by atoms with Gasteiger partial charge in [0.05, 0.1) is 13.2 Å². The number of aliphatic hydroxyl groups is 1. The molecule has 0 fully saturated rings. The second-order valence-electron chi connectivity index (χ2n) is 4.62. The molecular formula is C16H17BrO3. The van der Waals surface area contributed by atoms with E-state index in [-0.39, 0.29) is 0 Å². The first-order chi connectivity index (χ1) is 9.51. The average Bonchev–Trinajstić information content (AvgIpc) is 2.40. The molecule has 0 heterocycles. The molecule has 0 saturated heterocycles. The van der Waals surface area contributed by atoms with Gasteiger partial charge >= 0.3 is 0 Å². The summed E-state index contributed by atoms with van der Waals surface area (Å²) in [5.74, 6) is 2.04. The Morgan fingerprint density at radius 2 is 1.85 bits per heavy atom. The van der Waals surface area contributed by atoms with Gasteiger partial charge in [-0.15, -0.1) is 0 Å². The van der Waals surface area contributed by atoms with Crippen molar-refractivity contribution in [3.63, 3.8) is 0 Å². The van der Waals surface area contributed by atoms with Crippen molar-refractivity contribution in [1.29, 1.82) is 0 Å². The zero-order valence-electron chi connectivity index (χ0n) is 11.7. The van der Waals surface area contributed by atoms with Gasteiger partial charge in [0.25, 0.3) is 0 Å². The van der Waals surface area contributed by atoms with Crippen LogP contribution in [0.5, 0.6) is 17.2 Å². The highest BCUT2D eigenvalue weighted by Gasteiger charge is 2.10. The fraction of sp³-hybridized carbons (Fsp3) is 0.250. The molecule has 1 unspecified atom stereocenters. The van der Waals surface area contributed by atoms with Crippen molar-refractivity contribution in [2.75, 3.05) is 7.11 Å². The minimum Gasteiger partial charge on any atom is -0.493 e. The maximum absolute atomic E-state index is 9.61.